The Labute approximate surface area is 128 Å². The maximum Gasteiger partial charge on any atom is 0.224 e. The highest BCUT2D eigenvalue weighted by Crippen LogP contribution is 2.23. The molecule has 116 valence electrons. The molecule has 1 aliphatic heterocycles. The van der Waals surface area contributed by atoms with Crippen molar-refractivity contribution in [2.24, 2.45) is 5.92 Å². The van der Waals surface area contributed by atoms with Crippen LogP contribution in [-0.4, -0.2) is 30.4 Å². The minimum Gasteiger partial charge on any atom is -0.384 e. The van der Waals surface area contributed by atoms with E-state index in [4.69, 9.17) is 0 Å². The van der Waals surface area contributed by atoms with E-state index in [9.17, 15) is 4.79 Å². The Morgan fingerprint density at radius 1 is 1.29 bits per heavy atom. The summed E-state index contributed by atoms with van der Waals surface area (Å²) in [6, 6.07) is 8.37. The van der Waals surface area contributed by atoms with Crippen molar-refractivity contribution >= 4 is 11.6 Å². The highest BCUT2D eigenvalue weighted by atomic mass is 16.2. The third-order valence-electron chi connectivity index (χ3n) is 4.37. The fraction of sp³-hybridized carbons (Fsp3) is 0.611. The maximum absolute atomic E-state index is 12.2. The molecule has 1 saturated heterocycles. The average Bonchev–Trinajstić information content (AvgIpc) is 2.48. The zero-order chi connectivity index (χ0) is 15.2. The molecule has 1 aliphatic rings. The highest BCUT2D eigenvalue weighted by molar-refractivity contribution is 5.76. The Kier molecular flexibility index (Phi) is 5.66. The first-order valence-electron chi connectivity index (χ1n) is 8.18. The Morgan fingerprint density at radius 3 is 2.62 bits per heavy atom. The van der Waals surface area contributed by atoms with Gasteiger partial charge in [-0.05, 0) is 36.3 Å². The first kappa shape index (κ1) is 15.9. The molecule has 3 nitrogen and oxygen atoms in total. The molecule has 21 heavy (non-hydrogen) atoms. The number of anilines is 1. The topological polar surface area (TPSA) is 32.3 Å². The lowest BCUT2D eigenvalue weighted by Crippen LogP contribution is -2.38. The first-order valence-corrected chi connectivity index (χ1v) is 8.18. The van der Waals surface area contributed by atoms with Gasteiger partial charge in [-0.15, -0.1) is 0 Å². The third kappa shape index (κ3) is 4.48. The lowest BCUT2D eigenvalue weighted by molar-refractivity contribution is -0.132. The number of benzene rings is 1. The van der Waals surface area contributed by atoms with Crippen molar-refractivity contribution in [3.63, 3.8) is 0 Å². The number of hydrogen-bond acceptors (Lipinski definition) is 2. The van der Waals surface area contributed by atoms with Crippen molar-refractivity contribution in [1.82, 2.24) is 4.90 Å². The van der Waals surface area contributed by atoms with E-state index in [0.29, 0.717) is 18.9 Å². The maximum atomic E-state index is 12.2. The molecule has 1 N–H and O–H groups in total. The van der Waals surface area contributed by atoms with Crippen LogP contribution in [0.15, 0.2) is 24.3 Å². The zero-order valence-electron chi connectivity index (χ0n) is 13.6. The van der Waals surface area contributed by atoms with Gasteiger partial charge in [-0.2, -0.15) is 0 Å². The van der Waals surface area contributed by atoms with Crippen LogP contribution in [0.1, 0.15) is 51.5 Å². The molecule has 0 unspecified atom stereocenters. The number of hydrogen-bond donors (Lipinski definition) is 1. The smallest absolute Gasteiger partial charge is 0.224 e. The van der Waals surface area contributed by atoms with E-state index < -0.39 is 0 Å². The van der Waals surface area contributed by atoms with Crippen molar-refractivity contribution in [3.05, 3.63) is 29.8 Å². The molecule has 2 rings (SSSR count). The Balaban J connectivity index is 1.80. The van der Waals surface area contributed by atoms with Gasteiger partial charge >= 0.3 is 0 Å². The number of nitrogens with zero attached hydrogens (tertiary/aromatic N) is 1. The van der Waals surface area contributed by atoms with E-state index in [-0.39, 0.29) is 5.91 Å². The summed E-state index contributed by atoms with van der Waals surface area (Å²) in [5.41, 5.74) is 2.48. The fourth-order valence-corrected chi connectivity index (χ4v) is 2.88. The average molecular weight is 288 g/mol. The summed E-state index contributed by atoms with van der Waals surface area (Å²) < 4.78 is 0. The minimum atomic E-state index is 0.288. The number of para-hydroxylation sites is 1. The van der Waals surface area contributed by atoms with Gasteiger partial charge in [-0.3, -0.25) is 4.79 Å². The predicted octanol–water partition coefficient (Wildman–Crippen LogP) is 3.87. The van der Waals surface area contributed by atoms with Gasteiger partial charge < -0.3 is 10.2 Å². The normalized spacial score (nSPS) is 16.3. The molecule has 0 bridgehead atoms. The van der Waals surface area contributed by atoms with Crippen molar-refractivity contribution in [1.29, 1.82) is 0 Å². The van der Waals surface area contributed by atoms with E-state index >= 15 is 0 Å². The summed E-state index contributed by atoms with van der Waals surface area (Å²) in [4.78, 5) is 14.2. The highest BCUT2D eigenvalue weighted by Gasteiger charge is 2.19. The van der Waals surface area contributed by atoms with Gasteiger partial charge in [0.2, 0.25) is 5.91 Å². The van der Waals surface area contributed by atoms with E-state index in [2.05, 4.69) is 44.3 Å². The number of likely N-dealkylation sites (tertiary alicyclic amines) is 1. The summed E-state index contributed by atoms with van der Waals surface area (Å²) in [5.74, 6) is 1.55. The molecule has 0 aromatic heterocycles. The molecule has 0 saturated carbocycles. The van der Waals surface area contributed by atoms with Crippen LogP contribution in [0.4, 0.5) is 5.69 Å². The van der Waals surface area contributed by atoms with Crippen molar-refractivity contribution in [2.75, 3.05) is 25.0 Å². The molecule has 1 heterocycles. The fourth-order valence-electron chi connectivity index (χ4n) is 2.88. The quantitative estimate of drug-likeness (QED) is 0.892. The van der Waals surface area contributed by atoms with Crippen LogP contribution >= 0.6 is 0 Å². The number of amides is 1. The van der Waals surface area contributed by atoms with Crippen molar-refractivity contribution in [3.8, 4) is 0 Å². The largest absolute Gasteiger partial charge is 0.384 e. The lowest BCUT2D eigenvalue weighted by Gasteiger charge is -2.30. The molecule has 0 atom stereocenters. The van der Waals surface area contributed by atoms with Gasteiger partial charge in [0.15, 0.2) is 0 Å². The van der Waals surface area contributed by atoms with Crippen LogP contribution in [-0.2, 0) is 4.79 Å². The number of carbonyl (C=O) groups excluding carboxylic acids is 1. The summed E-state index contributed by atoms with van der Waals surface area (Å²) in [6.45, 7) is 9.24. The van der Waals surface area contributed by atoms with Crippen molar-refractivity contribution < 1.29 is 4.79 Å². The van der Waals surface area contributed by atoms with Gasteiger partial charge in [0, 0.05) is 31.7 Å². The molecule has 1 amide bonds. The molecular weight excluding hydrogens is 260 g/mol. The van der Waals surface area contributed by atoms with Crippen LogP contribution in [0.2, 0.25) is 0 Å². The molecular formula is C18H28N2O. The second-order valence-corrected chi connectivity index (χ2v) is 6.48. The summed E-state index contributed by atoms with van der Waals surface area (Å²) in [5, 5.41) is 3.43. The third-order valence-corrected chi connectivity index (χ3v) is 4.37. The first-order chi connectivity index (χ1) is 10.1. The van der Waals surface area contributed by atoms with Gasteiger partial charge in [0.1, 0.15) is 0 Å². The molecule has 1 fully saturated rings. The molecule has 0 spiro atoms. The van der Waals surface area contributed by atoms with Crippen LogP contribution in [0.25, 0.3) is 0 Å². The Bertz CT molecular complexity index is 462. The van der Waals surface area contributed by atoms with Crippen LogP contribution < -0.4 is 5.32 Å². The van der Waals surface area contributed by atoms with Crippen LogP contribution in [0, 0.1) is 5.92 Å². The van der Waals surface area contributed by atoms with Crippen molar-refractivity contribution in [2.45, 2.75) is 46.0 Å². The number of carbonyl (C=O) groups is 1. The summed E-state index contributed by atoms with van der Waals surface area (Å²) in [6.07, 6.45) is 2.88. The number of nitrogens with one attached hydrogen (secondary N) is 1. The van der Waals surface area contributed by atoms with E-state index in [1.165, 1.54) is 5.56 Å². The summed E-state index contributed by atoms with van der Waals surface area (Å²) in [7, 11) is 0. The second kappa shape index (κ2) is 7.48. The lowest BCUT2D eigenvalue weighted by atomic mass is 9.99. The second-order valence-electron chi connectivity index (χ2n) is 6.48. The number of rotatable bonds is 5. The monoisotopic (exact) mass is 288 g/mol. The van der Waals surface area contributed by atoms with Gasteiger partial charge in [0.05, 0.1) is 0 Å². The van der Waals surface area contributed by atoms with Crippen LogP contribution in [0.3, 0.4) is 0 Å². The Morgan fingerprint density at radius 2 is 1.95 bits per heavy atom. The molecule has 0 aliphatic carbocycles. The zero-order valence-corrected chi connectivity index (χ0v) is 13.6. The van der Waals surface area contributed by atoms with E-state index in [1.54, 1.807) is 0 Å². The SMILES string of the molecule is CC1CCN(C(=O)CCNc2ccccc2C(C)C)CC1. The Hall–Kier alpha value is -1.51. The van der Waals surface area contributed by atoms with Gasteiger partial charge in [-0.1, -0.05) is 39.0 Å². The van der Waals surface area contributed by atoms with Gasteiger partial charge in [0.25, 0.3) is 0 Å². The standard InChI is InChI=1S/C18H28N2O/c1-14(2)16-6-4-5-7-17(16)19-11-8-18(21)20-12-9-15(3)10-13-20/h4-7,14-15,19H,8-13H2,1-3H3. The minimum absolute atomic E-state index is 0.288. The van der Waals surface area contributed by atoms with E-state index in [1.807, 2.05) is 11.0 Å². The molecule has 0 radical (unpaired) electrons. The predicted molar refractivity (Wildman–Crippen MR) is 88.6 cm³/mol. The molecule has 3 heteroatoms. The van der Waals surface area contributed by atoms with E-state index in [0.717, 1.165) is 37.5 Å². The number of piperidine rings is 1. The molecule has 1 aromatic rings. The summed E-state index contributed by atoms with van der Waals surface area (Å²) >= 11 is 0. The van der Waals surface area contributed by atoms with Crippen LogP contribution in [0.5, 0.6) is 0 Å². The molecule has 1 aromatic carbocycles. The van der Waals surface area contributed by atoms with Gasteiger partial charge in [-0.25, -0.2) is 0 Å².